The Morgan fingerprint density at radius 1 is 1.28 bits per heavy atom. The average Bonchev–Trinajstić information content (AvgIpc) is 2.52. The van der Waals surface area contributed by atoms with E-state index < -0.39 is 21.3 Å². The molecule has 18 heavy (non-hydrogen) atoms. The van der Waals surface area contributed by atoms with Crippen LogP contribution in [0.1, 0.15) is 25.7 Å². The minimum Gasteiger partial charge on any atom is -0.354 e. The van der Waals surface area contributed by atoms with E-state index in [9.17, 15) is 18.0 Å². The number of carbonyl (C=O) groups is 2. The van der Waals surface area contributed by atoms with Crippen LogP contribution in [-0.4, -0.2) is 49.5 Å². The number of nitrogens with zero attached hydrogens (tertiary/aromatic N) is 1. The van der Waals surface area contributed by atoms with Crippen LogP contribution < -0.4 is 10.5 Å². The summed E-state index contributed by atoms with van der Waals surface area (Å²) in [5.41, 5.74) is 0. The number of likely N-dealkylation sites (tertiary alicyclic amines) is 1. The largest absolute Gasteiger partial charge is 0.354 e. The Morgan fingerprint density at radius 2 is 2.00 bits per heavy atom. The zero-order valence-corrected chi connectivity index (χ0v) is 10.8. The molecule has 2 saturated heterocycles. The number of hydrogen-bond acceptors (Lipinski definition) is 4. The van der Waals surface area contributed by atoms with Crippen molar-refractivity contribution >= 4 is 21.8 Å². The van der Waals surface area contributed by atoms with Gasteiger partial charge in [0, 0.05) is 19.5 Å². The van der Waals surface area contributed by atoms with E-state index in [2.05, 4.69) is 5.32 Å². The Balaban J connectivity index is 2.13. The molecule has 0 bridgehead atoms. The van der Waals surface area contributed by atoms with Gasteiger partial charge in [-0.3, -0.25) is 9.59 Å². The van der Waals surface area contributed by atoms with E-state index in [1.807, 2.05) is 0 Å². The zero-order valence-electron chi connectivity index (χ0n) is 9.96. The number of rotatable bonds is 2. The summed E-state index contributed by atoms with van der Waals surface area (Å²) in [5, 5.41) is 6.90. The SMILES string of the molecule is NS(=O)(=O)C1CC(=O)N(C2CCCCNC2=O)C1. The highest BCUT2D eigenvalue weighted by atomic mass is 32.2. The van der Waals surface area contributed by atoms with Crippen LogP contribution in [0.5, 0.6) is 0 Å². The van der Waals surface area contributed by atoms with Crippen molar-refractivity contribution in [1.29, 1.82) is 0 Å². The summed E-state index contributed by atoms with van der Waals surface area (Å²) >= 11 is 0. The van der Waals surface area contributed by atoms with Gasteiger partial charge in [0.15, 0.2) is 0 Å². The van der Waals surface area contributed by atoms with Crippen LogP contribution in [0.25, 0.3) is 0 Å². The smallest absolute Gasteiger partial charge is 0.242 e. The van der Waals surface area contributed by atoms with Crippen LogP contribution in [0.15, 0.2) is 0 Å². The van der Waals surface area contributed by atoms with Gasteiger partial charge in [0.25, 0.3) is 0 Å². The van der Waals surface area contributed by atoms with E-state index in [-0.39, 0.29) is 24.8 Å². The fourth-order valence-corrected chi connectivity index (χ4v) is 3.18. The summed E-state index contributed by atoms with van der Waals surface area (Å²) in [7, 11) is -3.73. The van der Waals surface area contributed by atoms with E-state index >= 15 is 0 Å². The fraction of sp³-hybridized carbons (Fsp3) is 0.800. The molecule has 0 aromatic rings. The van der Waals surface area contributed by atoms with E-state index in [4.69, 9.17) is 5.14 Å². The molecule has 0 radical (unpaired) electrons. The van der Waals surface area contributed by atoms with E-state index in [0.717, 1.165) is 12.8 Å². The molecule has 3 N–H and O–H groups in total. The second kappa shape index (κ2) is 4.85. The summed E-state index contributed by atoms with van der Waals surface area (Å²) in [6.07, 6.45) is 2.17. The Labute approximate surface area is 106 Å². The summed E-state index contributed by atoms with van der Waals surface area (Å²) < 4.78 is 22.5. The van der Waals surface area contributed by atoms with Crippen LogP contribution in [0.3, 0.4) is 0 Å². The second-order valence-corrected chi connectivity index (χ2v) is 6.61. The molecule has 2 heterocycles. The quantitative estimate of drug-likeness (QED) is 0.642. The molecule has 2 fully saturated rings. The maximum Gasteiger partial charge on any atom is 0.242 e. The molecule has 7 nitrogen and oxygen atoms in total. The number of nitrogens with one attached hydrogen (secondary N) is 1. The van der Waals surface area contributed by atoms with Gasteiger partial charge in [0.05, 0.1) is 0 Å². The third-order valence-corrected chi connectivity index (χ3v) is 4.71. The molecule has 0 spiro atoms. The first kappa shape index (κ1) is 13.3. The minimum absolute atomic E-state index is 0.0236. The van der Waals surface area contributed by atoms with Gasteiger partial charge in [-0.15, -0.1) is 0 Å². The van der Waals surface area contributed by atoms with Gasteiger partial charge in [-0.05, 0) is 19.3 Å². The molecule has 2 unspecified atom stereocenters. The van der Waals surface area contributed by atoms with Gasteiger partial charge in [-0.25, -0.2) is 13.6 Å². The average molecular weight is 275 g/mol. The van der Waals surface area contributed by atoms with Gasteiger partial charge in [-0.1, -0.05) is 0 Å². The molecule has 0 saturated carbocycles. The van der Waals surface area contributed by atoms with Gasteiger partial charge < -0.3 is 10.2 Å². The third kappa shape index (κ3) is 2.64. The monoisotopic (exact) mass is 275 g/mol. The van der Waals surface area contributed by atoms with Crippen molar-refractivity contribution in [3.63, 3.8) is 0 Å². The first-order valence-electron chi connectivity index (χ1n) is 5.98. The summed E-state index contributed by atoms with van der Waals surface area (Å²) in [4.78, 5) is 25.0. The molecule has 0 aliphatic carbocycles. The van der Waals surface area contributed by atoms with E-state index in [1.54, 1.807) is 0 Å². The minimum atomic E-state index is -3.73. The number of carbonyl (C=O) groups excluding carboxylic acids is 2. The lowest BCUT2D eigenvalue weighted by Gasteiger charge is -2.25. The zero-order chi connectivity index (χ0) is 13.3. The molecule has 102 valence electrons. The molecule has 2 amide bonds. The molecule has 2 aliphatic rings. The van der Waals surface area contributed by atoms with Crippen molar-refractivity contribution in [3.05, 3.63) is 0 Å². The lowest BCUT2D eigenvalue weighted by molar-refractivity contribution is -0.137. The van der Waals surface area contributed by atoms with Crippen molar-refractivity contribution in [3.8, 4) is 0 Å². The number of hydrogen-bond donors (Lipinski definition) is 2. The topological polar surface area (TPSA) is 110 Å². The highest BCUT2D eigenvalue weighted by molar-refractivity contribution is 7.89. The standard InChI is InChI=1S/C10H17N3O4S/c11-18(16,17)7-5-9(14)13(6-7)8-3-1-2-4-12-10(8)15/h7-8H,1-6H2,(H,12,15)(H2,11,16,17). The number of sulfonamides is 1. The first-order valence-corrected chi connectivity index (χ1v) is 7.59. The third-order valence-electron chi connectivity index (χ3n) is 3.47. The van der Waals surface area contributed by atoms with Crippen LogP contribution in [0.4, 0.5) is 0 Å². The highest BCUT2D eigenvalue weighted by Crippen LogP contribution is 2.22. The van der Waals surface area contributed by atoms with Crippen molar-refractivity contribution in [2.24, 2.45) is 5.14 Å². The van der Waals surface area contributed by atoms with Crippen LogP contribution in [0.2, 0.25) is 0 Å². The molecule has 8 heteroatoms. The Bertz CT molecular complexity index is 462. The second-order valence-electron chi connectivity index (χ2n) is 4.76. The number of amides is 2. The Hall–Kier alpha value is -1.15. The molecular formula is C10H17N3O4S. The maximum absolute atomic E-state index is 11.8. The lowest BCUT2D eigenvalue weighted by atomic mass is 10.1. The van der Waals surface area contributed by atoms with Gasteiger partial charge in [0.1, 0.15) is 11.3 Å². The fourth-order valence-electron chi connectivity index (χ4n) is 2.44. The summed E-state index contributed by atoms with van der Waals surface area (Å²) in [6, 6.07) is -0.549. The normalized spacial score (nSPS) is 30.2. The lowest BCUT2D eigenvalue weighted by Crippen LogP contribution is -2.47. The predicted octanol–water partition coefficient (Wildman–Crippen LogP) is -1.46. The predicted molar refractivity (Wildman–Crippen MR) is 63.9 cm³/mol. The molecule has 2 atom stereocenters. The first-order chi connectivity index (χ1) is 8.39. The summed E-state index contributed by atoms with van der Waals surface area (Å²) in [6.45, 7) is 0.631. The molecular weight excluding hydrogens is 258 g/mol. The molecule has 2 aliphatic heterocycles. The van der Waals surface area contributed by atoms with Crippen molar-refractivity contribution < 1.29 is 18.0 Å². The Kier molecular flexibility index (Phi) is 3.58. The van der Waals surface area contributed by atoms with Gasteiger partial charge in [0.2, 0.25) is 21.8 Å². The Morgan fingerprint density at radius 3 is 2.61 bits per heavy atom. The van der Waals surface area contributed by atoms with Crippen LogP contribution >= 0.6 is 0 Å². The molecule has 0 aromatic heterocycles. The van der Waals surface area contributed by atoms with Gasteiger partial charge >= 0.3 is 0 Å². The highest BCUT2D eigenvalue weighted by Gasteiger charge is 2.41. The molecule has 0 aromatic carbocycles. The van der Waals surface area contributed by atoms with Crippen molar-refractivity contribution in [2.45, 2.75) is 37.0 Å². The van der Waals surface area contributed by atoms with E-state index in [0.29, 0.717) is 13.0 Å². The van der Waals surface area contributed by atoms with Gasteiger partial charge in [-0.2, -0.15) is 0 Å². The maximum atomic E-state index is 11.8. The van der Waals surface area contributed by atoms with Crippen LogP contribution in [-0.2, 0) is 19.6 Å². The van der Waals surface area contributed by atoms with Crippen molar-refractivity contribution in [2.75, 3.05) is 13.1 Å². The summed E-state index contributed by atoms with van der Waals surface area (Å²) in [5.74, 6) is -0.507. The van der Waals surface area contributed by atoms with Crippen LogP contribution in [0, 0.1) is 0 Å². The van der Waals surface area contributed by atoms with Crippen molar-refractivity contribution in [1.82, 2.24) is 10.2 Å². The molecule has 2 rings (SSSR count). The number of primary sulfonamides is 1. The van der Waals surface area contributed by atoms with E-state index in [1.165, 1.54) is 4.90 Å². The number of nitrogens with two attached hydrogens (primary N) is 1.